The van der Waals surface area contributed by atoms with Crippen LogP contribution in [-0.4, -0.2) is 25.2 Å². The van der Waals surface area contributed by atoms with Gasteiger partial charge in [0.2, 0.25) is 0 Å². The van der Waals surface area contributed by atoms with E-state index >= 15 is 0 Å². The molecule has 0 amide bonds. The SMILES string of the molecule is COc1ccc2c(CC3CCCNC3)nccc2c1. The van der Waals surface area contributed by atoms with Crippen LogP contribution >= 0.6 is 0 Å². The number of rotatable bonds is 3. The number of fused-ring (bicyclic) bond motifs is 1. The van der Waals surface area contributed by atoms with Crippen molar-refractivity contribution >= 4 is 10.8 Å². The maximum atomic E-state index is 5.28. The first-order valence-electron chi connectivity index (χ1n) is 6.99. The fourth-order valence-corrected chi connectivity index (χ4v) is 2.88. The summed E-state index contributed by atoms with van der Waals surface area (Å²) in [6.07, 6.45) is 5.56. The first kappa shape index (κ1) is 12.4. The quantitative estimate of drug-likeness (QED) is 0.917. The van der Waals surface area contributed by atoms with Crippen LogP contribution in [0.15, 0.2) is 30.5 Å². The molecule has 1 aliphatic rings. The summed E-state index contributed by atoms with van der Waals surface area (Å²) in [6.45, 7) is 2.28. The van der Waals surface area contributed by atoms with Crippen LogP contribution in [0.2, 0.25) is 0 Å². The number of ether oxygens (including phenoxy) is 1. The Hall–Kier alpha value is -1.61. The van der Waals surface area contributed by atoms with Crippen LogP contribution in [0.5, 0.6) is 5.75 Å². The summed E-state index contributed by atoms with van der Waals surface area (Å²) >= 11 is 0. The topological polar surface area (TPSA) is 34.1 Å². The highest BCUT2D eigenvalue weighted by Gasteiger charge is 2.15. The van der Waals surface area contributed by atoms with Gasteiger partial charge in [0.15, 0.2) is 0 Å². The van der Waals surface area contributed by atoms with E-state index in [0.29, 0.717) is 5.92 Å². The van der Waals surface area contributed by atoms with Crippen molar-refractivity contribution in [3.05, 3.63) is 36.2 Å². The smallest absolute Gasteiger partial charge is 0.119 e. The van der Waals surface area contributed by atoms with Gasteiger partial charge < -0.3 is 10.1 Å². The van der Waals surface area contributed by atoms with E-state index in [2.05, 4.69) is 28.5 Å². The van der Waals surface area contributed by atoms with Crippen LogP contribution in [0, 0.1) is 5.92 Å². The summed E-state index contributed by atoms with van der Waals surface area (Å²) in [6, 6.07) is 8.29. The maximum Gasteiger partial charge on any atom is 0.119 e. The number of methoxy groups -OCH3 is 1. The zero-order valence-electron chi connectivity index (χ0n) is 11.4. The van der Waals surface area contributed by atoms with Crippen molar-refractivity contribution in [1.29, 1.82) is 0 Å². The molecule has 1 aromatic heterocycles. The Labute approximate surface area is 114 Å². The third-order valence-electron chi connectivity index (χ3n) is 3.94. The Bertz CT molecular complexity index is 562. The molecule has 3 rings (SSSR count). The molecule has 3 nitrogen and oxygen atoms in total. The molecule has 1 unspecified atom stereocenters. The van der Waals surface area contributed by atoms with Gasteiger partial charge in [0.25, 0.3) is 0 Å². The third-order valence-corrected chi connectivity index (χ3v) is 3.94. The number of pyridine rings is 1. The standard InChI is InChI=1S/C16H20N2O/c1-19-14-4-5-15-13(10-14)6-8-18-16(15)9-12-3-2-7-17-11-12/h4-6,8,10,12,17H,2-3,7,9,11H2,1H3. The second kappa shape index (κ2) is 5.57. The molecule has 1 aliphatic heterocycles. The van der Waals surface area contributed by atoms with Crippen molar-refractivity contribution in [2.45, 2.75) is 19.3 Å². The van der Waals surface area contributed by atoms with Crippen LogP contribution in [-0.2, 0) is 6.42 Å². The summed E-state index contributed by atoms with van der Waals surface area (Å²) in [5, 5.41) is 5.95. The molecule has 1 atom stereocenters. The number of hydrogen-bond donors (Lipinski definition) is 1. The number of piperidine rings is 1. The predicted molar refractivity (Wildman–Crippen MR) is 77.6 cm³/mol. The molecule has 2 aromatic rings. The second-order valence-electron chi connectivity index (χ2n) is 5.26. The molecule has 19 heavy (non-hydrogen) atoms. The average molecular weight is 256 g/mol. The summed E-state index contributed by atoms with van der Waals surface area (Å²) < 4.78 is 5.28. The van der Waals surface area contributed by atoms with E-state index in [1.165, 1.54) is 29.3 Å². The summed E-state index contributed by atoms with van der Waals surface area (Å²) in [5.41, 5.74) is 1.22. The lowest BCUT2D eigenvalue weighted by Gasteiger charge is -2.22. The predicted octanol–water partition coefficient (Wildman–Crippen LogP) is 2.79. The molecule has 0 saturated carbocycles. The van der Waals surface area contributed by atoms with Crippen LogP contribution in [0.1, 0.15) is 18.5 Å². The fraction of sp³-hybridized carbons (Fsp3) is 0.438. The Morgan fingerprint density at radius 1 is 1.37 bits per heavy atom. The number of aromatic nitrogens is 1. The highest BCUT2D eigenvalue weighted by atomic mass is 16.5. The monoisotopic (exact) mass is 256 g/mol. The van der Waals surface area contributed by atoms with Gasteiger partial charge in [-0.25, -0.2) is 0 Å². The molecular formula is C16H20N2O. The van der Waals surface area contributed by atoms with Gasteiger partial charge in [0.1, 0.15) is 5.75 Å². The van der Waals surface area contributed by atoms with E-state index in [4.69, 9.17) is 4.74 Å². The van der Waals surface area contributed by atoms with Crippen LogP contribution in [0.25, 0.3) is 10.8 Å². The largest absolute Gasteiger partial charge is 0.497 e. The molecule has 1 N–H and O–H groups in total. The fourth-order valence-electron chi connectivity index (χ4n) is 2.88. The third kappa shape index (κ3) is 2.71. The average Bonchev–Trinajstić information content (AvgIpc) is 2.48. The van der Waals surface area contributed by atoms with E-state index < -0.39 is 0 Å². The van der Waals surface area contributed by atoms with Gasteiger partial charge in [0, 0.05) is 17.3 Å². The zero-order chi connectivity index (χ0) is 13.1. The van der Waals surface area contributed by atoms with Crippen molar-refractivity contribution in [1.82, 2.24) is 10.3 Å². The lowest BCUT2D eigenvalue weighted by Crippen LogP contribution is -2.31. The molecule has 3 heteroatoms. The van der Waals surface area contributed by atoms with Crippen molar-refractivity contribution in [3.8, 4) is 5.75 Å². The van der Waals surface area contributed by atoms with E-state index in [0.717, 1.165) is 25.3 Å². The van der Waals surface area contributed by atoms with Crippen LogP contribution in [0.3, 0.4) is 0 Å². The summed E-state index contributed by atoms with van der Waals surface area (Å²) in [4.78, 5) is 4.59. The molecule has 1 saturated heterocycles. The summed E-state index contributed by atoms with van der Waals surface area (Å²) in [7, 11) is 1.71. The minimum atomic E-state index is 0.717. The van der Waals surface area contributed by atoms with Crippen LogP contribution < -0.4 is 10.1 Å². The van der Waals surface area contributed by atoms with E-state index in [9.17, 15) is 0 Å². The van der Waals surface area contributed by atoms with Gasteiger partial charge >= 0.3 is 0 Å². The van der Waals surface area contributed by atoms with E-state index in [1.807, 2.05) is 12.3 Å². The number of hydrogen-bond acceptors (Lipinski definition) is 3. The second-order valence-corrected chi connectivity index (χ2v) is 5.26. The van der Waals surface area contributed by atoms with Crippen molar-refractivity contribution in [2.75, 3.05) is 20.2 Å². The molecule has 1 fully saturated rings. The van der Waals surface area contributed by atoms with Crippen molar-refractivity contribution < 1.29 is 4.74 Å². The zero-order valence-corrected chi connectivity index (χ0v) is 11.4. The first-order chi connectivity index (χ1) is 9.36. The van der Waals surface area contributed by atoms with E-state index in [-0.39, 0.29) is 0 Å². The minimum absolute atomic E-state index is 0.717. The van der Waals surface area contributed by atoms with Gasteiger partial charge in [-0.3, -0.25) is 4.98 Å². The molecular weight excluding hydrogens is 236 g/mol. The molecule has 0 bridgehead atoms. The molecule has 0 spiro atoms. The number of nitrogens with one attached hydrogen (secondary N) is 1. The van der Waals surface area contributed by atoms with Gasteiger partial charge in [-0.1, -0.05) is 0 Å². The normalized spacial score (nSPS) is 19.5. The highest BCUT2D eigenvalue weighted by Crippen LogP contribution is 2.25. The molecule has 2 heterocycles. The lowest BCUT2D eigenvalue weighted by atomic mass is 9.93. The Kier molecular flexibility index (Phi) is 3.65. The maximum absolute atomic E-state index is 5.28. The number of nitrogens with zero attached hydrogens (tertiary/aromatic N) is 1. The van der Waals surface area contributed by atoms with E-state index in [1.54, 1.807) is 7.11 Å². The minimum Gasteiger partial charge on any atom is -0.497 e. The summed E-state index contributed by atoms with van der Waals surface area (Å²) in [5.74, 6) is 1.62. The van der Waals surface area contributed by atoms with Gasteiger partial charge in [-0.05, 0) is 67.9 Å². The molecule has 0 aliphatic carbocycles. The number of benzene rings is 1. The molecule has 0 radical (unpaired) electrons. The van der Waals surface area contributed by atoms with Crippen LogP contribution in [0.4, 0.5) is 0 Å². The molecule has 1 aromatic carbocycles. The Morgan fingerprint density at radius 2 is 2.32 bits per heavy atom. The van der Waals surface area contributed by atoms with Crippen molar-refractivity contribution in [2.24, 2.45) is 5.92 Å². The van der Waals surface area contributed by atoms with Crippen molar-refractivity contribution in [3.63, 3.8) is 0 Å². The Morgan fingerprint density at radius 3 is 3.11 bits per heavy atom. The van der Waals surface area contributed by atoms with Gasteiger partial charge in [0.05, 0.1) is 7.11 Å². The van der Waals surface area contributed by atoms with Gasteiger partial charge in [-0.2, -0.15) is 0 Å². The molecule has 100 valence electrons. The lowest BCUT2D eigenvalue weighted by molar-refractivity contribution is 0.374. The Balaban J connectivity index is 1.90. The highest BCUT2D eigenvalue weighted by molar-refractivity contribution is 5.85. The van der Waals surface area contributed by atoms with Gasteiger partial charge in [-0.15, -0.1) is 0 Å². The first-order valence-corrected chi connectivity index (χ1v) is 6.99.